The van der Waals surface area contributed by atoms with Crippen molar-refractivity contribution < 1.29 is 22.3 Å². The average molecular weight is 267 g/mol. The van der Waals surface area contributed by atoms with E-state index in [9.17, 15) is 17.6 Å². The van der Waals surface area contributed by atoms with Crippen molar-refractivity contribution in [3.63, 3.8) is 0 Å². The van der Waals surface area contributed by atoms with Gasteiger partial charge in [-0.2, -0.15) is 0 Å². The second kappa shape index (κ2) is 4.80. The van der Waals surface area contributed by atoms with E-state index in [-0.39, 0.29) is 12.2 Å². The Morgan fingerprint density at radius 1 is 1.50 bits per heavy atom. The fraction of sp³-hybridized carbons (Fsp3) is 0.222. The molecule has 0 spiro atoms. The maximum absolute atomic E-state index is 13.1. The lowest BCUT2D eigenvalue weighted by Crippen LogP contribution is -2.06. The number of esters is 1. The van der Waals surface area contributed by atoms with Crippen molar-refractivity contribution in [2.45, 2.75) is 11.8 Å². The van der Waals surface area contributed by atoms with Crippen molar-refractivity contribution in [3.05, 3.63) is 29.6 Å². The second-order valence-electron chi connectivity index (χ2n) is 2.80. The summed E-state index contributed by atoms with van der Waals surface area (Å²) in [5.41, 5.74) is -0.0672. The van der Waals surface area contributed by atoms with E-state index in [1.807, 2.05) is 0 Å². The Bertz CT molecular complexity index is 512. The van der Waals surface area contributed by atoms with Crippen LogP contribution in [0.1, 0.15) is 17.3 Å². The molecular weight excluding hydrogens is 259 g/mol. The maximum atomic E-state index is 13.1. The second-order valence-corrected chi connectivity index (χ2v) is 5.34. The highest BCUT2D eigenvalue weighted by molar-refractivity contribution is 8.13. The maximum Gasteiger partial charge on any atom is 0.338 e. The van der Waals surface area contributed by atoms with E-state index in [2.05, 4.69) is 4.74 Å². The molecule has 1 aromatic carbocycles. The first-order valence-corrected chi connectivity index (χ1v) is 6.58. The minimum absolute atomic E-state index is 0.0672. The molecule has 0 amide bonds. The Morgan fingerprint density at radius 3 is 2.62 bits per heavy atom. The Hall–Kier alpha value is -1.14. The summed E-state index contributed by atoms with van der Waals surface area (Å²) in [6.07, 6.45) is 0. The van der Waals surface area contributed by atoms with Gasteiger partial charge >= 0.3 is 5.97 Å². The number of carbonyl (C=O) groups excluding carboxylic acids is 1. The molecule has 1 rings (SSSR count). The molecule has 0 saturated carbocycles. The Kier molecular flexibility index (Phi) is 3.88. The van der Waals surface area contributed by atoms with Gasteiger partial charge in [-0.3, -0.25) is 0 Å². The summed E-state index contributed by atoms with van der Waals surface area (Å²) < 4.78 is 39.7. The largest absolute Gasteiger partial charge is 0.462 e. The van der Waals surface area contributed by atoms with Crippen LogP contribution in [0.4, 0.5) is 4.39 Å². The standard InChI is InChI=1S/C9H8ClFO4S/c1-2-15-9(12)6-3-4-7(11)8(5-6)16(10,13)14/h3-5H,2H2,1H3. The fourth-order valence-electron chi connectivity index (χ4n) is 1.03. The van der Waals surface area contributed by atoms with Crippen LogP contribution >= 0.6 is 10.7 Å². The van der Waals surface area contributed by atoms with Crippen LogP contribution in [0.2, 0.25) is 0 Å². The van der Waals surface area contributed by atoms with Crippen LogP contribution in [-0.2, 0) is 13.8 Å². The zero-order chi connectivity index (χ0) is 12.3. The van der Waals surface area contributed by atoms with Gasteiger partial charge in [0.1, 0.15) is 10.7 Å². The molecule has 1 aromatic rings. The first kappa shape index (κ1) is 12.9. The van der Waals surface area contributed by atoms with Gasteiger partial charge in [-0.05, 0) is 25.1 Å². The number of benzene rings is 1. The van der Waals surface area contributed by atoms with Crippen LogP contribution in [0.25, 0.3) is 0 Å². The van der Waals surface area contributed by atoms with Gasteiger partial charge < -0.3 is 4.74 Å². The van der Waals surface area contributed by atoms with Gasteiger partial charge in [-0.25, -0.2) is 17.6 Å². The number of hydrogen-bond acceptors (Lipinski definition) is 4. The topological polar surface area (TPSA) is 60.4 Å². The number of rotatable bonds is 3. The van der Waals surface area contributed by atoms with Crippen LogP contribution in [-0.4, -0.2) is 21.0 Å². The molecule has 7 heteroatoms. The smallest absolute Gasteiger partial charge is 0.338 e. The van der Waals surface area contributed by atoms with E-state index in [0.717, 1.165) is 18.2 Å². The highest BCUT2D eigenvalue weighted by Gasteiger charge is 2.19. The fourth-order valence-corrected chi connectivity index (χ4v) is 1.96. The van der Waals surface area contributed by atoms with Crippen LogP contribution in [0.15, 0.2) is 23.1 Å². The first-order valence-electron chi connectivity index (χ1n) is 4.27. The van der Waals surface area contributed by atoms with Gasteiger partial charge in [0, 0.05) is 10.7 Å². The monoisotopic (exact) mass is 266 g/mol. The van der Waals surface area contributed by atoms with E-state index >= 15 is 0 Å². The first-order chi connectivity index (χ1) is 7.36. The summed E-state index contributed by atoms with van der Waals surface area (Å²) in [6, 6.07) is 2.82. The average Bonchev–Trinajstić information content (AvgIpc) is 2.16. The third kappa shape index (κ3) is 2.93. The van der Waals surface area contributed by atoms with Gasteiger partial charge in [0.2, 0.25) is 0 Å². The molecule has 0 aliphatic carbocycles. The third-order valence-electron chi connectivity index (χ3n) is 1.71. The van der Waals surface area contributed by atoms with E-state index in [0.29, 0.717) is 0 Å². The third-order valence-corrected chi connectivity index (χ3v) is 3.04. The van der Waals surface area contributed by atoms with Gasteiger partial charge in [0.25, 0.3) is 9.05 Å². The van der Waals surface area contributed by atoms with Crippen molar-refractivity contribution in [1.82, 2.24) is 0 Å². The van der Waals surface area contributed by atoms with E-state index in [1.54, 1.807) is 6.92 Å². The number of hydrogen-bond donors (Lipinski definition) is 0. The minimum Gasteiger partial charge on any atom is -0.462 e. The lowest BCUT2D eigenvalue weighted by atomic mass is 10.2. The molecule has 0 atom stereocenters. The molecule has 0 fully saturated rings. The van der Waals surface area contributed by atoms with Crippen molar-refractivity contribution in [1.29, 1.82) is 0 Å². The summed E-state index contributed by atoms with van der Waals surface area (Å²) in [7, 11) is 0.783. The van der Waals surface area contributed by atoms with Gasteiger partial charge in [0.15, 0.2) is 0 Å². The summed E-state index contributed by atoms with van der Waals surface area (Å²) in [6.45, 7) is 1.74. The summed E-state index contributed by atoms with van der Waals surface area (Å²) in [5.74, 6) is -1.74. The molecule has 0 heterocycles. The molecule has 0 saturated heterocycles. The molecule has 16 heavy (non-hydrogen) atoms. The molecular formula is C9H8ClFO4S. The molecule has 0 aliphatic rings. The van der Waals surface area contributed by atoms with Gasteiger partial charge in [-0.1, -0.05) is 0 Å². The number of halogens is 2. The van der Waals surface area contributed by atoms with E-state index < -0.39 is 25.7 Å². The van der Waals surface area contributed by atoms with Crippen LogP contribution in [0, 0.1) is 5.82 Å². The molecule has 4 nitrogen and oxygen atoms in total. The van der Waals surface area contributed by atoms with Crippen LogP contribution in [0.3, 0.4) is 0 Å². The summed E-state index contributed by atoms with van der Waals surface area (Å²) in [5, 5.41) is 0. The van der Waals surface area contributed by atoms with Crippen LogP contribution < -0.4 is 0 Å². The predicted molar refractivity (Wildman–Crippen MR) is 55.4 cm³/mol. The lowest BCUT2D eigenvalue weighted by molar-refractivity contribution is 0.0526. The Morgan fingerprint density at radius 2 is 2.12 bits per heavy atom. The molecule has 0 aromatic heterocycles. The van der Waals surface area contributed by atoms with E-state index in [4.69, 9.17) is 10.7 Å². The highest BCUT2D eigenvalue weighted by atomic mass is 35.7. The van der Waals surface area contributed by atoms with Gasteiger partial charge in [-0.15, -0.1) is 0 Å². The molecule has 0 unspecified atom stereocenters. The Labute approximate surface area is 96.4 Å². The molecule has 88 valence electrons. The van der Waals surface area contributed by atoms with Crippen molar-refractivity contribution in [3.8, 4) is 0 Å². The molecule has 0 aliphatic heterocycles. The van der Waals surface area contributed by atoms with Crippen molar-refractivity contribution in [2.75, 3.05) is 6.61 Å². The summed E-state index contributed by atoms with van der Waals surface area (Å²) in [4.78, 5) is 10.5. The lowest BCUT2D eigenvalue weighted by Gasteiger charge is -2.03. The Balaban J connectivity index is 3.23. The highest BCUT2D eigenvalue weighted by Crippen LogP contribution is 2.20. The van der Waals surface area contributed by atoms with Crippen molar-refractivity contribution >= 4 is 25.7 Å². The van der Waals surface area contributed by atoms with Crippen molar-refractivity contribution in [2.24, 2.45) is 0 Å². The van der Waals surface area contributed by atoms with Gasteiger partial charge in [0.05, 0.1) is 12.2 Å². The molecule has 0 bridgehead atoms. The quantitative estimate of drug-likeness (QED) is 0.620. The zero-order valence-electron chi connectivity index (χ0n) is 8.24. The normalized spacial score (nSPS) is 11.2. The molecule has 0 radical (unpaired) electrons. The van der Waals surface area contributed by atoms with E-state index in [1.165, 1.54) is 0 Å². The number of carbonyl (C=O) groups is 1. The molecule has 0 N–H and O–H groups in total. The zero-order valence-corrected chi connectivity index (χ0v) is 9.81. The number of ether oxygens (including phenoxy) is 1. The predicted octanol–water partition coefficient (Wildman–Crippen LogP) is 1.93. The minimum atomic E-state index is -4.22. The summed E-state index contributed by atoms with van der Waals surface area (Å²) >= 11 is 0. The van der Waals surface area contributed by atoms with Crippen LogP contribution in [0.5, 0.6) is 0 Å². The SMILES string of the molecule is CCOC(=O)c1ccc(F)c(S(=O)(=O)Cl)c1.